The molecule has 0 spiro atoms. The van der Waals surface area contributed by atoms with Crippen molar-refractivity contribution >= 4 is 151 Å². The molecule has 0 aromatic heterocycles. The number of hydrogen-bond donors (Lipinski definition) is 13. The molecule has 0 aromatic carbocycles. The molecule has 4 heterocycles. The van der Waals surface area contributed by atoms with E-state index in [-0.39, 0.29) is 62.5 Å². The molecule has 378 valence electrons. The lowest BCUT2D eigenvalue weighted by atomic mass is 10.3. The van der Waals surface area contributed by atoms with Gasteiger partial charge in [0.15, 0.2) is 0 Å². The topological polar surface area (TPSA) is 437 Å². The van der Waals surface area contributed by atoms with E-state index >= 15 is 0 Å². The zero-order valence-electron chi connectivity index (χ0n) is 35.9. The number of likely N-dealkylation sites (N-methyl/N-ethyl adjacent to an activating group) is 2. The number of nitrogens with zero attached hydrogens (tertiary/aromatic N) is 1. The number of carboxylic acids is 5. The smallest absolute Gasteiger partial charge is 0.329 e. The SMILES string of the molecule is CC(=O)NC(CSC(=O)[C@@H]1CSC(=O)N1)C(=O)O.CN(CC(=O)O)C(=O)[C@@H]1CSC(=O)N1.CNCC(=O)O.COC(=O)[C@H](CS)NC(C)=O.O=C1N[C@H](C(=O)O)CS1.O=C1N[C@H](C(=O)O)CS1. The van der Waals surface area contributed by atoms with Gasteiger partial charge in [-0.25, -0.2) is 19.2 Å². The molecular weight excluding hydrogens is 1020 g/mol. The summed E-state index contributed by atoms with van der Waals surface area (Å²) < 4.78 is 4.40. The van der Waals surface area contributed by atoms with E-state index in [2.05, 4.69) is 54.6 Å². The second-order valence-corrected chi connectivity index (χ2v) is 17.9. The normalized spacial score (nSPS) is 19.3. The Morgan fingerprint density at radius 3 is 1.33 bits per heavy atom. The van der Waals surface area contributed by atoms with E-state index in [0.29, 0.717) is 23.0 Å². The number of thiol groups is 1. The van der Waals surface area contributed by atoms with Gasteiger partial charge in [-0.05, 0) is 7.05 Å². The van der Waals surface area contributed by atoms with Crippen LogP contribution in [-0.2, 0) is 52.7 Å². The minimum absolute atomic E-state index is 0.0417. The van der Waals surface area contributed by atoms with Crippen LogP contribution < -0.4 is 37.2 Å². The van der Waals surface area contributed by atoms with Crippen LogP contribution >= 0.6 is 71.4 Å². The molecule has 67 heavy (non-hydrogen) atoms. The Morgan fingerprint density at radius 1 is 0.687 bits per heavy atom. The van der Waals surface area contributed by atoms with Gasteiger partial charge in [0.05, 0.1) is 13.7 Å². The standard InChI is InChI=1S/C9H12N2O5S2.C7H10N2O4S.C6H11NO3S.2C4H5NO3S.C3H7NO2/c1-4(12)10-5(7(13)14)2-17-8(15)6-3-18-9(16)11-6;1-9(2-5(10)11)6(12)4-3-14-7(13)8-4;1-4(8)7-5(3-11)6(9)10-2;2*6-3(7)2-1-9-4(8)5-2;1-4-2-3(5)6/h5-6H,2-3H2,1H3,(H,10,12)(H,11,16)(H,13,14);4H,2-3H2,1H3,(H,8,13)(H,10,11);5,11H,3H2,1-2H3,(H,7,8);2*2H,1H2,(H,5,8)(H,6,7);4H,2H2,1H3,(H,5,6)/t5?,6-;4-;5-;2*2-;/m00000./s1. The number of aliphatic carboxylic acids is 5. The number of nitrogens with one attached hydrogen (secondary N) is 7. The van der Waals surface area contributed by atoms with Crippen molar-refractivity contribution in [2.45, 2.75) is 50.1 Å². The Morgan fingerprint density at radius 2 is 1.07 bits per heavy atom. The quantitative estimate of drug-likeness (QED) is 0.0605. The summed E-state index contributed by atoms with van der Waals surface area (Å²) in [7, 11) is 4.25. The van der Waals surface area contributed by atoms with Gasteiger partial charge in [0.1, 0.15) is 42.8 Å². The predicted octanol–water partition coefficient (Wildman–Crippen LogP) is -2.31. The molecule has 4 aliphatic rings. The fraction of sp³-hybridized carbons (Fsp3) is 0.576. The van der Waals surface area contributed by atoms with Crippen LogP contribution in [0.1, 0.15) is 13.8 Å². The van der Waals surface area contributed by atoms with Gasteiger partial charge in [0.2, 0.25) is 22.8 Å². The fourth-order valence-electron chi connectivity index (χ4n) is 4.02. The predicted molar refractivity (Wildman–Crippen MR) is 247 cm³/mol. The first kappa shape index (κ1) is 63.9. The van der Waals surface area contributed by atoms with Crippen molar-refractivity contribution in [1.29, 1.82) is 0 Å². The van der Waals surface area contributed by atoms with Crippen molar-refractivity contribution in [2.24, 2.45) is 0 Å². The van der Waals surface area contributed by atoms with Crippen molar-refractivity contribution in [3.63, 3.8) is 0 Å². The molecule has 0 aliphatic carbocycles. The summed E-state index contributed by atoms with van der Waals surface area (Å²) in [6, 6.07) is -4.27. The molecule has 4 aliphatic heterocycles. The fourth-order valence-corrected chi connectivity index (χ4v) is 8.35. The molecule has 0 radical (unpaired) electrons. The third-order valence-electron chi connectivity index (χ3n) is 7.06. The number of carbonyl (C=O) groups is 14. The minimum atomic E-state index is -1.20. The number of esters is 1. The summed E-state index contributed by atoms with van der Waals surface area (Å²) in [6.07, 6.45) is 0. The van der Waals surface area contributed by atoms with Gasteiger partial charge in [0.25, 0.3) is 21.0 Å². The van der Waals surface area contributed by atoms with Gasteiger partial charge in [-0.15, -0.1) is 0 Å². The Labute approximate surface area is 407 Å². The summed E-state index contributed by atoms with van der Waals surface area (Å²) in [5.74, 6) is -5.04. The summed E-state index contributed by atoms with van der Waals surface area (Å²) in [6.45, 7) is 2.23. The summed E-state index contributed by atoms with van der Waals surface area (Å²) >= 11 is 8.70. The first-order valence-electron chi connectivity index (χ1n) is 18.3. The van der Waals surface area contributed by atoms with E-state index in [1.165, 1.54) is 28.0 Å². The largest absolute Gasteiger partial charge is 0.480 e. The first-order chi connectivity index (χ1) is 31.2. The van der Waals surface area contributed by atoms with E-state index < -0.39 is 78.0 Å². The van der Waals surface area contributed by atoms with E-state index in [9.17, 15) is 67.1 Å². The molecule has 4 fully saturated rings. The van der Waals surface area contributed by atoms with Gasteiger partial charge in [-0.1, -0.05) is 58.8 Å². The number of carbonyl (C=O) groups excluding carboxylic acids is 9. The molecule has 7 amide bonds. The van der Waals surface area contributed by atoms with Crippen molar-refractivity contribution in [1.82, 2.24) is 42.1 Å². The average Bonchev–Trinajstić information content (AvgIpc) is 4.07. The lowest BCUT2D eigenvalue weighted by molar-refractivity contribution is -0.144. The first-order valence-corrected chi connectivity index (χ1v) is 23.9. The zero-order chi connectivity index (χ0) is 52.0. The molecule has 0 bridgehead atoms. The third-order valence-corrected chi connectivity index (χ3v) is 12.0. The van der Waals surface area contributed by atoms with Gasteiger partial charge >= 0.3 is 35.8 Å². The Hall–Kier alpha value is -5.16. The molecule has 0 aromatic rings. The minimum Gasteiger partial charge on any atom is -0.480 e. The molecular formula is C33H50N8O20S6. The molecule has 6 atom stereocenters. The lowest BCUT2D eigenvalue weighted by Gasteiger charge is -2.18. The second-order valence-electron chi connectivity index (χ2n) is 12.6. The van der Waals surface area contributed by atoms with Crippen LogP contribution in [-0.4, -0.2) is 215 Å². The Balaban J connectivity index is 0. The average molecular weight is 1070 g/mol. The third kappa shape index (κ3) is 30.7. The maximum atomic E-state index is 11.6. The van der Waals surface area contributed by atoms with Crippen LogP contribution in [0, 0.1) is 0 Å². The van der Waals surface area contributed by atoms with Crippen LogP contribution in [0.5, 0.6) is 0 Å². The van der Waals surface area contributed by atoms with Crippen LogP contribution in [0.3, 0.4) is 0 Å². The summed E-state index contributed by atoms with van der Waals surface area (Å²) in [5, 5.41) is 57.0. The highest BCUT2D eigenvalue weighted by Crippen LogP contribution is 2.19. The van der Waals surface area contributed by atoms with Crippen LogP contribution in [0.25, 0.3) is 0 Å². The number of hydrogen-bond acceptors (Lipinski definition) is 22. The maximum absolute atomic E-state index is 11.6. The van der Waals surface area contributed by atoms with Crippen LogP contribution in [0.2, 0.25) is 0 Å². The Bertz CT molecular complexity index is 1780. The van der Waals surface area contributed by atoms with Gasteiger partial charge in [-0.3, -0.25) is 47.9 Å². The highest BCUT2D eigenvalue weighted by atomic mass is 32.2. The van der Waals surface area contributed by atoms with Crippen LogP contribution in [0.4, 0.5) is 19.2 Å². The van der Waals surface area contributed by atoms with Gasteiger partial charge < -0.3 is 72.4 Å². The van der Waals surface area contributed by atoms with E-state index in [1.54, 1.807) is 7.05 Å². The number of ether oxygens (including phenoxy) is 1. The molecule has 4 rings (SSSR count). The molecule has 34 heteroatoms. The number of methoxy groups -OCH3 is 1. The summed E-state index contributed by atoms with van der Waals surface area (Å²) in [5.41, 5.74) is 0. The van der Waals surface area contributed by atoms with Gasteiger partial charge in [-0.2, -0.15) is 12.6 Å². The van der Waals surface area contributed by atoms with Crippen molar-refractivity contribution in [2.75, 3.05) is 68.8 Å². The summed E-state index contributed by atoms with van der Waals surface area (Å²) in [4.78, 5) is 149. The maximum Gasteiger partial charge on any atom is 0.329 e. The van der Waals surface area contributed by atoms with Crippen molar-refractivity contribution < 1.29 is 97.4 Å². The number of rotatable bonds is 15. The monoisotopic (exact) mass is 1070 g/mol. The highest BCUT2D eigenvalue weighted by molar-refractivity contribution is 8.15. The molecule has 28 nitrogen and oxygen atoms in total. The molecule has 1 unspecified atom stereocenters. The number of carboxylic acid groups (broad SMARTS) is 5. The highest BCUT2D eigenvalue weighted by Gasteiger charge is 2.32. The molecule has 0 saturated carbocycles. The zero-order valence-corrected chi connectivity index (χ0v) is 40.9. The van der Waals surface area contributed by atoms with Crippen molar-refractivity contribution in [3.05, 3.63) is 0 Å². The van der Waals surface area contributed by atoms with E-state index in [0.717, 1.165) is 63.7 Å². The lowest BCUT2D eigenvalue weighted by Crippen LogP contribution is -2.45. The second kappa shape index (κ2) is 35.0. The van der Waals surface area contributed by atoms with Crippen molar-refractivity contribution in [3.8, 4) is 0 Å². The van der Waals surface area contributed by atoms with E-state index in [4.69, 9.17) is 25.5 Å². The van der Waals surface area contributed by atoms with E-state index in [1.807, 2.05) is 0 Å². The van der Waals surface area contributed by atoms with Gasteiger partial charge in [0, 0.05) is 55.4 Å². The van der Waals surface area contributed by atoms with Crippen LogP contribution in [0.15, 0.2) is 0 Å². The molecule has 12 N–H and O–H groups in total. The Kier molecular flexibility index (Phi) is 33.4. The molecule has 4 saturated heterocycles. The number of thioether (sulfide) groups is 5. The number of amides is 7.